The Morgan fingerprint density at radius 3 is 2.78 bits per heavy atom. The van der Waals surface area contributed by atoms with E-state index in [0.717, 1.165) is 34.6 Å². The van der Waals surface area contributed by atoms with E-state index in [1.54, 1.807) is 11.3 Å². The minimum absolute atomic E-state index is 0.276. The van der Waals surface area contributed by atoms with E-state index in [4.69, 9.17) is 23.2 Å². The van der Waals surface area contributed by atoms with Gasteiger partial charge in [0.2, 0.25) is 5.28 Å². The molecule has 0 aliphatic heterocycles. The summed E-state index contributed by atoms with van der Waals surface area (Å²) in [5, 5.41) is 5.46. The average molecular weight is 364 g/mol. The second kappa shape index (κ2) is 6.27. The number of hydrogen-bond donors (Lipinski definition) is 1. The van der Waals surface area contributed by atoms with Crippen LogP contribution < -0.4 is 5.32 Å². The lowest BCUT2D eigenvalue weighted by Crippen LogP contribution is -1.98. The number of nitrogens with zero attached hydrogens (tertiary/aromatic N) is 2. The Morgan fingerprint density at radius 1 is 1.04 bits per heavy atom. The predicted octanol–water partition coefficient (Wildman–Crippen LogP) is 6.01. The van der Waals surface area contributed by atoms with Gasteiger partial charge in [0, 0.05) is 15.6 Å². The van der Waals surface area contributed by atoms with Crippen molar-refractivity contribution < 1.29 is 0 Å². The third kappa shape index (κ3) is 3.03. The third-order valence-electron chi connectivity index (χ3n) is 4.12. The van der Waals surface area contributed by atoms with Gasteiger partial charge in [0.05, 0.1) is 5.39 Å². The van der Waals surface area contributed by atoms with Crippen molar-refractivity contribution in [3.63, 3.8) is 0 Å². The number of benzene rings is 1. The average Bonchev–Trinajstić information content (AvgIpc) is 2.69. The molecule has 4 rings (SSSR count). The van der Waals surface area contributed by atoms with Crippen molar-refractivity contribution >= 4 is 56.3 Å². The van der Waals surface area contributed by atoms with E-state index in [1.165, 1.54) is 29.7 Å². The third-order valence-corrected chi connectivity index (χ3v) is 5.71. The topological polar surface area (TPSA) is 37.8 Å². The normalized spacial score (nSPS) is 14.5. The summed E-state index contributed by atoms with van der Waals surface area (Å²) in [5.74, 6) is 0.779. The second-order valence-corrected chi connectivity index (χ2v) is 7.58. The Hall–Kier alpha value is -1.36. The van der Waals surface area contributed by atoms with Crippen LogP contribution in [-0.4, -0.2) is 9.97 Å². The highest BCUT2D eigenvalue weighted by Crippen LogP contribution is 2.39. The quantitative estimate of drug-likeness (QED) is 0.447. The van der Waals surface area contributed by atoms with Crippen LogP contribution in [0.3, 0.4) is 0 Å². The lowest BCUT2D eigenvalue weighted by molar-refractivity contribution is 0.713. The van der Waals surface area contributed by atoms with Crippen molar-refractivity contribution in [2.75, 3.05) is 5.32 Å². The molecule has 0 fully saturated rings. The molecule has 1 aliphatic carbocycles. The number of anilines is 2. The molecular formula is C17H15Cl2N3S. The van der Waals surface area contributed by atoms with Gasteiger partial charge in [-0.15, -0.1) is 11.3 Å². The highest BCUT2D eigenvalue weighted by molar-refractivity contribution is 7.19. The van der Waals surface area contributed by atoms with Crippen molar-refractivity contribution in [1.82, 2.24) is 9.97 Å². The molecule has 0 unspecified atom stereocenters. The maximum Gasteiger partial charge on any atom is 0.225 e. The van der Waals surface area contributed by atoms with Gasteiger partial charge < -0.3 is 5.32 Å². The fourth-order valence-corrected chi connectivity index (χ4v) is 4.77. The monoisotopic (exact) mass is 363 g/mol. The first-order chi connectivity index (χ1) is 11.2. The van der Waals surface area contributed by atoms with Crippen LogP contribution in [0.15, 0.2) is 24.3 Å². The number of fused-ring (bicyclic) bond motifs is 3. The zero-order valence-corrected chi connectivity index (χ0v) is 14.7. The van der Waals surface area contributed by atoms with Crippen LogP contribution in [0.25, 0.3) is 10.2 Å². The predicted molar refractivity (Wildman–Crippen MR) is 98.4 cm³/mol. The summed E-state index contributed by atoms with van der Waals surface area (Å²) in [4.78, 5) is 11.3. The van der Waals surface area contributed by atoms with E-state index < -0.39 is 0 Å². The van der Waals surface area contributed by atoms with Crippen molar-refractivity contribution in [2.24, 2.45) is 0 Å². The maximum absolute atomic E-state index is 6.14. The lowest BCUT2D eigenvalue weighted by atomic mass is 10.1. The Balaban J connectivity index is 1.86. The van der Waals surface area contributed by atoms with Gasteiger partial charge in [0.1, 0.15) is 10.6 Å². The van der Waals surface area contributed by atoms with E-state index in [2.05, 4.69) is 15.3 Å². The van der Waals surface area contributed by atoms with Gasteiger partial charge in [-0.1, -0.05) is 24.1 Å². The summed E-state index contributed by atoms with van der Waals surface area (Å²) in [7, 11) is 0. The number of rotatable bonds is 2. The minimum Gasteiger partial charge on any atom is -0.339 e. The lowest BCUT2D eigenvalue weighted by Gasteiger charge is -2.09. The molecule has 2 aromatic heterocycles. The van der Waals surface area contributed by atoms with Gasteiger partial charge in [-0.3, -0.25) is 0 Å². The molecule has 0 radical (unpaired) electrons. The number of halogens is 2. The molecule has 0 bridgehead atoms. The zero-order valence-electron chi connectivity index (χ0n) is 12.4. The standard InChI is InChI=1S/C17H15Cl2N3S/c18-10-5-4-6-11(9-10)20-15-14-12-7-2-1-3-8-13(12)23-16(14)22-17(19)21-15/h4-6,9H,1-3,7-8H2,(H,20,21,22). The van der Waals surface area contributed by atoms with Gasteiger partial charge >= 0.3 is 0 Å². The number of aromatic nitrogens is 2. The molecule has 0 spiro atoms. The zero-order chi connectivity index (χ0) is 15.8. The van der Waals surface area contributed by atoms with Gasteiger partial charge in [-0.05, 0) is 61.0 Å². The SMILES string of the molecule is Clc1cccc(Nc2nc(Cl)nc3sc4c(c23)CCCCC4)c1. The summed E-state index contributed by atoms with van der Waals surface area (Å²) < 4.78 is 0. The van der Waals surface area contributed by atoms with Crippen LogP contribution in [0, 0.1) is 0 Å². The smallest absolute Gasteiger partial charge is 0.225 e. The maximum atomic E-state index is 6.14. The molecule has 0 atom stereocenters. The fraction of sp³-hybridized carbons (Fsp3) is 0.294. The van der Waals surface area contributed by atoms with Crippen molar-refractivity contribution in [2.45, 2.75) is 32.1 Å². The molecule has 6 heteroatoms. The Kier molecular flexibility index (Phi) is 4.14. The highest BCUT2D eigenvalue weighted by atomic mass is 35.5. The first-order valence-corrected chi connectivity index (χ1v) is 9.28. The number of aryl methyl sites for hydroxylation is 2. The van der Waals surface area contributed by atoms with E-state index >= 15 is 0 Å². The second-order valence-electron chi connectivity index (χ2n) is 5.72. The molecule has 2 heterocycles. The van der Waals surface area contributed by atoms with Gasteiger partial charge in [0.15, 0.2) is 0 Å². The summed E-state index contributed by atoms with van der Waals surface area (Å²) in [5.41, 5.74) is 2.30. The van der Waals surface area contributed by atoms with E-state index in [1.807, 2.05) is 24.3 Å². The molecule has 1 N–H and O–H groups in total. The van der Waals surface area contributed by atoms with E-state index in [-0.39, 0.29) is 5.28 Å². The highest BCUT2D eigenvalue weighted by Gasteiger charge is 2.20. The van der Waals surface area contributed by atoms with Gasteiger partial charge in [-0.25, -0.2) is 4.98 Å². The van der Waals surface area contributed by atoms with Gasteiger partial charge in [0.25, 0.3) is 0 Å². The summed E-state index contributed by atoms with van der Waals surface area (Å²) in [6.45, 7) is 0. The Morgan fingerprint density at radius 2 is 1.91 bits per heavy atom. The number of nitrogens with one attached hydrogen (secondary N) is 1. The molecule has 0 amide bonds. The van der Waals surface area contributed by atoms with Crippen molar-refractivity contribution in [1.29, 1.82) is 0 Å². The van der Waals surface area contributed by atoms with Crippen LogP contribution >= 0.6 is 34.5 Å². The summed E-state index contributed by atoms with van der Waals surface area (Å²) in [6.07, 6.45) is 5.97. The van der Waals surface area contributed by atoms with Crippen LogP contribution in [0.2, 0.25) is 10.3 Å². The minimum atomic E-state index is 0.276. The fourth-order valence-electron chi connectivity index (χ4n) is 3.10. The first kappa shape index (κ1) is 15.2. The van der Waals surface area contributed by atoms with Crippen LogP contribution in [0.5, 0.6) is 0 Å². The van der Waals surface area contributed by atoms with Crippen LogP contribution in [0.4, 0.5) is 11.5 Å². The van der Waals surface area contributed by atoms with Crippen molar-refractivity contribution in [3.05, 3.63) is 45.0 Å². The summed E-state index contributed by atoms with van der Waals surface area (Å²) in [6, 6.07) is 7.62. The molecule has 3 nitrogen and oxygen atoms in total. The molecule has 23 heavy (non-hydrogen) atoms. The molecular weight excluding hydrogens is 349 g/mol. The molecule has 3 aromatic rings. The van der Waals surface area contributed by atoms with E-state index in [9.17, 15) is 0 Å². The van der Waals surface area contributed by atoms with E-state index in [0.29, 0.717) is 5.02 Å². The van der Waals surface area contributed by atoms with Gasteiger partial charge in [-0.2, -0.15) is 4.98 Å². The molecule has 1 aliphatic rings. The molecule has 118 valence electrons. The largest absolute Gasteiger partial charge is 0.339 e. The molecule has 0 saturated carbocycles. The number of hydrogen-bond acceptors (Lipinski definition) is 4. The summed E-state index contributed by atoms with van der Waals surface area (Å²) >= 11 is 14.0. The first-order valence-electron chi connectivity index (χ1n) is 7.71. The van der Waals surface area contributed by atoms with Crippen LogP contribution in [0.1, 0.15) is 29.7 Å². The van der Waals surface area contributed by atoms with Crippen molar-refractivity contribution in [3.8, 4) is 0 Å². The molecule has 1 aromatic carbocycles. The number of thiophene rings is 1. The Bertz CT molecular complexity index is 876. The Labute approximate surface area is 148 Å². The van der Waals surface area contributed by atoms with Crippen LogP contribution in [-0.2, 0) is 12.8 Å². The molecule has 0 saturated heterocycles.